The van der Waals surface area contributed by atoms with Gasteiger partial charge >= 0.3 is 126 Å². The molecular formula is C14H23Cl2PRu. The molecule has 2 fully saturated rings. The van der Waals surface area contributed by atoms with Gasteiger partial charge in [-0.3, -0.25) is 0 Å². The predicted octanol–water partition coefficient (Wildman–Crippen LogP) is 5.97. The van der Waals surface area contributed by atoms with Crippen LogP contribution in [0.1, 0.15) is 64.2 Å². The van der Waals surface area contributed by atoms with Crippen LogP contribution in [0.2, 0.25) is 0 Å². The first kappa shape index (κ1) is 15.7. The van der Waals surface area contributed by atoms with Crippen LogP contribution in [0.15, 0.2) is 5.82 Å². The third-order valence-electron chi connectivity index (χ3n) is 4.26. The maximum atomic E-state index is 5.98. The number of rotatable bonds is 3. The number of halogens is 2. The van der Waals surface area contributed by atoms with Crippen molar-refractivity contribution in [3.05, 3.63) is 5.82 Å². The minimum atomic E-state index is -1.72. The fourth-order valence-corrected chi connectivity index (χ4v) is 8.98. The number of hydrogen-bond donors (Lipinski definition) is 0. The van der Waals surface area contributed by atoms with Crippen LogP contribution >= 0.6 is 27.3 Å². The first-order valence-electron chi connectivity index (χ1n) is 7.14. The van der Waals surface area contributed by atoms with E-state index in [0.29, 0.717) is 0 Å². The molecule has 2 rings (SSSR count). The van der Waals surface area contributed by atoms with Gasteiger partial charge in [-0.25, -0.2) is 0 Å². The summed E-state index contributed by atoms with van der Waals surface area (Å²) < 4.78 is 3.32. The summed E-state index contributed by atoms with van der Waals surface area (Å²) in [5, 5.41) is 0. The van der Waals surface area contributed by atoms with E-state index in [4.69, 9.17) is 19.4 Å². The summed E-state index contributed by atoms with van der Waals surface area (Å²) in [5.41, 5.74) is 1.90. The van der Waals surface area contributed by atoms with Crippen molar-refractivity contribution in [2.24, 2.45) is 0 Å². The average Bonchev–Trinajstić information content (AvgIpc) is 2.41. The first-order valence-corrected chi connectivity index (χ1v) is 14.0. The fourth-order valence-electron chi connectivity index (χ4n) is 3.35. The molecule has 0 atom stereocenters. The molecule has 18 heavy (non-hydrogen) atoms. The van der Waals surface area contributed by atoms with Crippen molar-refractivity contribution < 1.29 is 13.5 Å². The number of hydrogen-bond acceptors (Lipinski definition) is 0. The van der Waals surface area contributed by atoms with Crippen molar-refractivity contribution >= 4 is 31.6 Å². The summed E-state index contributed by atoms with van der Waals surface area (Å²) in [4.78, 5) is 0. The SMILES string of the molecule is [Cl][Ru]([Cl])=[C]=CP(C1CCCCC1)C1CCCCC1. The summed E-state index contributed by atoms with van der Waals surface area (Å²) in [6, 6.07) is 0. The van der Waals surface area contributed by atoms with Crippen molar-refractivity contribution in [1.29, 1.82) is 0 Å². The van der Waals surface area contributed by atoms with Gasteiger partial charge in [0.25, 0.3) is 0 Å². The monoisotopic (exact) mass is 394 g/mol. The Morgan fingerprint density at radius 3 is 1.67 bits per heavy atom. The van der Waals surface area contributed by atoms with Gasteiger partial charge in [-0.15, -0.1) is 0 Å². The van der Waals surface area contributed by atoms with E-state index in [1.807, 2.05) is 0 Å². The van der Waals surface area contributed by atoms with Crippen LogP contribution in [0.25, 0.3) is 0 Å². The summed E-state index contributed by atoms with van der Waals surface area (Å²) in [6.45, 7) is 0. The van der Waals surface area contributed by atoms with E-state index >= 15 is 0 Å². The quantitative estimate of drug-likeness (QED) is 0.408. The van der Waals surface area contributed by atoms with Crippen molar-refractivity contribution in [2.45, 2.75) is 75.5 Å². The van der Waals surface area contributed by atoms with Gasteiger partial charge in [0, 0.05) is 0 Å². The van der Waals surface area contributed by atoms with Gasteiger partial charge in [-0.1, -0.05) is 0 Å². The van der Waals surface area contributed by atoms with Crippen LogP contribution < -0.4 is 0 Å². The zero-order valence-electron chi connectivity index (χ0n) is 10.9. The molecule has 0 saturated heterocycles. The van der Waals surface area contributed by atoms with Crippen LogP contribution in [-0.2, 0) is 13.5 Å². The van der Waals surface area contributed by atoms with Crippen LogP contribution in [-0.4, -0.2) is 15.6 Å². The Morgan fingerprint density at radius 1 is 0.833 bits per heavy atom. The molecule has 2 aliphatic carbocycles. The summed E-state index contributed by atoms with van der Waals surface area (Å²) in [6.07, 6.45) is 14.4. The second kappa shape index (κ2) is 8.54. The zero-order chi connectivity index (χ0) is 12.8. The molecule has 0 nitrogen and oxygen atoms in total. The Balaban J connectivity index is 2.07. The summed E-state index contributed by atoms with van der Waals surface area (Å²) in [7, 11) is 12.0. The van der Waals surface area contributed by atoms with Crippen molar-refractivity contribution in [3.63, 3.8) is 0 Å². The molecule has 0 aliphatic heterocycles. The van der Waals surface area contributed by atoms with Crippen LogP contribution in [0.4, 0.5) is 0 Å². The third-order valence-corrected chi connectivity index (χ3v) is 9.34. The first-order chi connectivity index (χ1) is 8.77. The topological polar surface area (TPSA) is 0 Å². The molecule has 0 aromatic carbocycles. The van der Waals surface area contributed by atoms with E-state index in [1.54, 1.807) is 0 Å². The molecule has 0 aromatic rings. The van der Waals surface area contributed by atoms with Crippen LogP contribution in [0, 0.1) is 0 Å². The molecule has 0 N–H and O–H groups in total. The van der Waals surface area contributed by atoms with Gasteiger partial charge in [0.1, 0.15) is 0 Å². The Morgan fingerprint density at radius 2 is 1.28 bits per heavy atom. The van der Waals surface area contributed by atoms with Crippen LogP contribution in [0.3, 0.4) is 0 Å². The molecule has 4 heteroatoms. The van der Waals surface area contributed by atoms with E-state index in [0.717, 1.165) is 11.3 Å². The summed E-state index contributed by atoms with van der Waals surface area (Å²) in [5.74, 6) is 2.36. The van der Waals surface area contributed by atoms with Gasteiger partial charge in [0.15, 0.2) is 0 Å². The van der Waals surface area contributed by atoms with E-state index < -0.39 is 13.5 Å². The van der Waals surface area contributed by atoms with Crippen LogP contribution in [0.5, 0.6) is 0 Å². The molecule has 0 radical (unpaired) electrons. The second-order valence-electron chi connectivity index (χ2n) is 5.45. The average molecular weight is 394 g/mol. The van der Waals surface area contributed by atoms with E-state index in [2.05, 4.69) is 10.1 Å². The second-order valence-corrected chi connectivity index (χ2v) is 13.4. The van der Waals surface area contributed by atoms with E-state index in [9.17, 15) is 0 Å². The molecule has 2 saturated carbocycles. The van der Waals surface area contributed by atoms with Gasteiger partial charge in [-0.2, -0.15) is 0 Å². The zero-order valence-corrected chi connectivity index (χ0v) is 15.0. The minimum absolute atomic E-state index is 0.00134. The standard InChI is InChI=1S/C14H23P.2ClH.Ru/c1-2-15(13-9-5-3-6-10-13)14-11-7-4-8-12-14;;;/h2,13-14H,3-12H2;2*1H;/q;;;+2/p-2. The van der Waals surface area contributed by atoms with E-state index in [1.165, 1.54) is 64.2 Å². The molecule has 0 amide bonds. The Kier molecular flexibility index (Phi) is 7.44. The molecule has 106 valence electrons. The van der Waals surface area contributed by atoms with Crippen molar-refractivity contribution in [2.75, 3.05) is 0 Å². The summed E-state index contributed by atoms with van der Waals surface area (Å²) >= 11 is -1.72. The molecule has 0 aromatic heterocycles. The van der Waals surface area contributed by atoms with Gasteiger partial charge in [0.2, 0.25) is 0 Å². The van der Waals surface area contributed by atoms with Crippen molar-refractivity contribution in [1.82, 2.24) is 0 Å². The molecule has 0 bridgehead atoms. The molecule has 2 aliphatic rings. The maximum absolute atomic E-state index is 5.98. The predicted molar refractivity (Wildman–Crippen MR) is 81.9 cm³/mol. The van der Waals surface area contributed by atoms with Gasteiger partial charge in [-0.05, 0) is 0 Å². The molecule has 0 spiro atoms. The fraction of sp³-hybridized carbons (Fsp3) is 0.857. The van der Waals surface area contributed by atoms with Gasteiger partial charge in [0.05, 0.1) is 0 Å². The molecular weight excluding hydrogens is 371 g/mol. The third kappa shape index (κ3) is 5.00. The van der Waals surface area contributed by atoms with Gasteiger partial charge < -0.3 is 0 Å². The Bertz CT molecular complexity index is 292. The Labute approximate surface area is 126 Å². The van der Waals surface area contributed by atoms with Crippen molar-refractivity contribution in [3.8, 4) is 0 Å². The molecule has 0 heterocycles. The Hall–Kier alpha value is 1.28. The normalized spacial score (nSPS) is 23.8. The molecule has 0 unspecified atom stereocenters. The van der Waals surface area contributed by atoms with E-state index in [-0.39, 0.29) is 7.92 Å².